The second-order valence-electron chi connectivity index (χ2n) is 5.18. The van der Waals surface area contributed by atoms with Crippen LogP contribution in [0, 0.1) is 0 Å². The molecule has 2 rings (SSSR count). The summed E-state index contributed by atoms with van der Waals surface area (Å²) in [4.78, 5) is 2.14. The molecule has 0 amide bonds. The summed E-state index contributed by atoms with van der Waals surface area (Å²) in [5.41, 5.74) is 0.488. The number of aliphatic hydroxyl groups is 1. The van der Waals surface area contributed by atoms with E-state index in [1.54, 1.807) is 0 Å². The molecule has 6 heteroatoms. The van der Waals surface area contributed by atoms with E-state index in [9.17, 15) is 5.11 Å². The molecule has 0 bridgehead atoms. The fourth-order valence-corrected chi connectivity index (χ4v) is 3.25. The minimum Gasteiger partial charge on any atom is -0.389 e. The van der Waals surface area contributed by atoms with Crippen LogP contribution < -0.4 is 5.32 Å². The Kier molecular flexibility index (Phi) is 4.53. The van der Waals surface area contributed by atoms with E-state index in [0.29, 0.717) is 0 Å². The second kappa shape index (κ2) is 5.95. The predicted molar refractivity (Wildman–Crippen MR) is 73.8 cm³/mol. The number of anilines is 1. The van der Waals surface area contributed by atoms with Gasteiger partial charge in [0.15, 0.2) is 0 Å². The molecule has 1 saturated carbocycles. The van der Waals surface area contributed by atoms with Crippen molar-refractivity contribution in [1.82, 2.24) is 14.5 Å². The summed E-state index contributed by atoms with van der Waals surface area (Å²) in [6.07, 6.45) is 4.13. The molecule has 1 heterocycles. The number of nitrogens with one attached hydrogen (secondary N) is 1. The Bertz CT molecular complexity index is 376. The molecule has 0 aliphatic heterocycles. The predicted octanol–water partition coefficient (Wildman–Crippen LogP) is 1.71. The average Bonchev–Trinajstić information content (AvgIpc) is 2.89. The van der Waals surface area contributed by atoms with E-state index in [0.717, 1.165) is 56.0 Å². The zero-order chi connectivity index (χ0) is 13.0. The van der Waals surface area contributed by atoms with Gasteiger partial charge in [0, 0.05) is 31.2 Å². The summed E-state index contributed by atoms with van der Waals surface area (Å²) in [6, 6.07) is 0. The Morgan fingerprint density at radius 2 is 2.17 bits per heavy atom. The van der Waals surface area contributed by atoms with E-state index in [2.05, 4.69) is 26.7 Å². The van der Waals surface area contributed by atoms with Gasteiger partial charge in [-0.1, -0.05) is 17.3 Å². The van der Waals surface area contributed by atoms with Crippen LogP contribution in [-0.4, -0.2) is 45.3 Å². The van der Waals surface area contributed by atoms with Crippen LogP contribution in [0.1, 0.15) is 38.3 Å². The van der Waals surface area contributed by atoms with Crippen LogP contribution in [0.5, 0.6) is 0 Å². The Morgan fingerprint density at radius 1 is 1.44 bits per heavy atom. The SMILES string of the molecule is CCNc1snnc1CN(C)CC1(O)CCCC1. The number of nitrogens with zero attached hydrogens (tertiary/aromatic N) is 3. The molecule has 0 atom stereocenters. The van der Waals surface area contributed by atoms with Gasteiger partial charge in [0.1, 0.15) is 10.7 Å². The number of hydrogen-bond donors (Lipinski definition) is 2. The van der Waals surface area contributed by atoms with Crippen molar-refractivity contribution < 1.29 is 5.11 Å². The van der Waals surface area contributed by atoms with Gasteiger partial charge in [0.05, 0.1) is 5.60 Å². The topological polar surface area (TPSA) is 61.3 Å². The van der Waals surface area contributed by atoms with E-state index >= 15 is 0 Å². The minimum absolute atomic E-state index is 0.490. The lowest BCUT2D eigenvalue weighted by molar-refractivity contribution is 0.0143. The second-order valence-corrected chi connectivity index (χ2v) is 5.94. The maximum Gasteiger partial charge on any atom is 0.134 e. The molecular formula is C12H22N4OS. The van der Waals surface area contributed by atoms with Crippen LogP contribution in [0.2, 0.25) is 0 Å². The number of rotatable bonds is 6. The highest BCUT2D eigenvalue weighted by Crippen LogP contribution is 2.30. The van der Waals surface area contributed by atoms with Crippen LogP contribution in [0.4, 0.5) is 5.00 Å². The van der Waals surface area contributed by atoms with Crippen molar-refractivity contribution in [2.75, 3.05) is 25.5 Å². The number of hydrogen-bond acceptors (Lipinski definition) is 6. The number of aromatic nitrogens is 2. The third-order valence-electron chi connectivity index (χ3n) is 3.41. The fourth-order valence-electron chi connectivity index (χ4n) is 2.61. The van der Waals surface area contributed by atoms with Crippen molar-refractivity contribution in [2.24, 2.45) is 0 Å². The molecule has 5 nitrogen and oxygen atoms in total. The van der Waals surface area contributed by atoms with Gasteiger partial charge in [-0.3, -0.25) is 4.90 Å². The van der Waals surface area contributed by atoms with Crippen molar-refractivity contribution in [3.63, 3.8) is 0 Å². The van der Waals surface area contributed by atoms with Gasteiger partial charge in [-0.2, -0.15) is 0 Å². The standard InChI is InChI=1S/C12H22N4OS/c1-3-13-11-10(14-15-18-11)8-16(2)9-12(17)6-4-5-7-12/h13,17H,3-9H2,1-2H3. The highest BCUT2D eigenvalue weighted by atomic mass is 32.1. The van der Waals surface area contributed by atoms with Crippen molar-refractivity contribution in [2.45, 2.75) is 44.8 Å². The molecule has 1 aliphatic carbocycles. The van der Waals surface area contributed by atoms with Crippen LogP contribution in [-0.2, 0) is 6.54 Å². The summed E-state index contributed by atoms with van der Waals surface area (Å²) in [6.45, 7) is 4.40. The zero-order valence-corrected chi connectivity index (χ0v) is 12.0. The lowest BCUT2D eigenvalue weighted by atomic mass is 10.0. The molecule has 0 radical (unpaired) electrons. The van der Waals surface area contributed by atoms with E-state index in [1.165, 1.54) is 11.5 Å². The summed E-state index contributed by atoms with van der Waals surface area (Å²) in [5, 5.41) is 18.8. The summed E-state index contributed by atoms with van der Waals surface area (Å²) in [5.74, 6) is 0. The Hall–Kier alpha value is -0.720. The molecule has 2 N–H and O–H groups in total. The van der Waals surface area contributed by atoms with Crippen molar-refractivity contribution in [3.05, 3.63) is 5.69 Å². The maximum absolute atomic E-state index is 10.4. The molecule has 0 saturated heterocycles. The van der Waals surface area contributed by atoms with Gasteiger partial charge in [0.25, 0.3) is 0 Å². The third-order valence-corrected chi connectivity index (χ3v) is 4.14. The van der Waals surface area contributed by atoms with Crippen LogP contribution in [0.15, 0.2) is 0 Å². The van der Waals surface area contributed by atoms with E-state index in [-0.39, 0.29) is 0 Å². The van der Waals surface area contributed by atoms with E-state index in [4.69, 9.17) is 0 Å². The molecule has 1 aromatic rings. The molecule has 1 aromatic heterocycles. The van der Waals surface area contributed by atoms with Crippen molar-refractivity contribution in [3.8, 4) is 0 Å². The van der Waals surface area contributed by atoms with Gasteiger partial charge >= 0.3 is 0 Å². The zero-order valence-electron chi connectivity index (χ0n) is 11.1. The van der Waals surface area contributed by atoms with E-state index in [1.807, 2.05) is 7.05 Å². The van der Waals surface area contributed by atoms with Crippen LogP contribution in [0.3, 0.4) is 0 Å². The maximum atomic E-state index is 10.4. The van der Waals surface area contributed by atoms with Crippen molar-refractivity contribution in [1.29, 1.82) is 0 Å². The van der Waals surface area contributed by atoms with Crippen LogP contribution in [0.25, 0.3) is 0 Å². The fraction of sp³-hybridized carbons (Fsp3) is 0.833. The van der Waals surface area contributed by atoms with Gasteiger partial charge in [0.2, 0.25) is 0 Å². The normalized spacial score (nSPS) is 18.4. The van der Waals surface area contributed by atoms with Gasteiger partial charge < -0.3 is 10.4 Å². The van der Waals surface area contributed by atoms with Crippen molar-refractivity contribution >= 4 is 16.5 Å². The first-order valence-electron chi connectivity index (χ1n) is 6.59. The van der Waals surface area contributed by atoms with Gasteiger partial charge in [-0.25, -0.2) is 0 Å². The Labute approximate surface area is 112 Å². The average molecular weight is 270 g/mol. The quantitative estimate of drug-likeness (QED) is 0.824. The first-order chi connectivity index (χ1) is 8.63. The molecule has 0 unspecified atom stereocenters. The third kappa shape index (κ3) is 3.40. The molecule has 0 aromatic carbocycles. The largest absolute Gasteiger partial charge is 0.389 e. The highest BCUT2D eigenvalue weighted by molar-refractivity contribution is 7.10. The molecule has 1 aliphatic rings. The lowest BCUT2D eigenvalue weighted by Gasteiger charge is -2.28. The summed E-state index contributed by atoms with van der Waals surface area (Å²) in [7, 11) is 2.03. The smallest absolute Gasteiger partial charge is 0.134 e. The van der Waals surface area contributed by atoms with Gasteiger partial charge in [-0.05, 0) is 26.8 Å². The van der Waals surface area contributed by atoms with Crippen LogP contribution >= 0.6 is 11.5 Å². The summed E-state index contributed by atoms with van der Waals surface area (Å²) >= 11 is 1.40. The molecule has 102 valence electrons. The summed E-state index contributed by atoms with van der Waals surface area (Å²) < 4.78 is 3.98. The first-order valence-corrected chi connectivity index (χ1v) is 7.36. The molecule has 0 spiro atoms. The lowest BCUT2D eigenvalue weighted by Crippen LogP contribution is -2.38. The number of likely N-dealkylation sites (N-methyl/N-ethyl adjacent to an activating group) is 1. The molecular weight excluding hydrogens is 248 g/mol. The Balaban J connectivity index is 1.90. The van der Waals surface area contributed by atoms with E-state index < -0.39 is 5.60 Å². The first kappa shape index (κ1) is 13.7. The molecule has 1 fully saturated rings. The Morgan fingerprint density at radius 3 is 2.83 bits per heavy atom. The van der Waals surface area contributed by atoms with Gasteiger partial charge in [-0.15, -0.1) is 5.10 Å². The monoisotopic (exact) mass is 270 g/mol. The highest BCUT2D eigenvalue weighted by Gasteiger charge is 2.32. The molecule has 18 heavy (non-hydrogen) atoms. The minimum atomic E-state index is -0.490.